The van der Waals surface area contributed by atoms with Gasteiger partial charge in [-0.1, -0.05) is 0 Å². The fraction of sp³-hybridized carbons (Fsp3) is 0.684. The van der Waals surface area contributed by atoms with E-state index < -0.39 is 5.92 Å². The van der Waals surface area contributed by atoms with Gasteiger partial charge >= 0.3 is 0 Å². The third-order valence-corrected chi connectivity index (χ3v) is 5.23. The maximum Gasteiger partial charge on any atom is 0.285 e. The molecule has 0 bridgehead atoms. The van der Waals surface area contributed by atoms with E-state index in [1.807, 2.05) is 11.8 Å². The van der Waals surface area contributed by atoms with E-state index in [0.717, 1.165) is 52.1 Å². The highest BCUT2D eigenvalue weighted by Crippen LogP contribution is 2.31. The SMILES string of the molecule is CCOc1ccc(C(F)(F)CN2CCC(N3CCNCC3)CC2)cc1. The van der Waals surface area contributed by atoms with Crippen LogP contribution in [0, 0.1) is 0 Å². The Hall–Kier alpha value is -1.24. The van der Waals surface area contributed by atoms with Crippen molar-refractivity contribution in [2.24, 2.45) is 0 Å². The van der Waals surface area contributed by atoms with E-state index in [1.54, 1.807) is 12.1 Å². The first-order valence-corrected chi connectivity index (χ1v) is 9.37. The van der Waals surface area contributed by atoms with Crippen LogP contribution >= 0.6 is 0 Å². The number of ether oxygens (including phenoxy) is 1. The smallest absolute Gasteiger partial charge is 0.285 e. The summed E-state index contributed by atoms with van der Waals surface area (Å²) in [6.07, 6.45) is 1.97. The quantitative estimate of drug-likeness (QED) is 0.851. The molecule has 2 fully saturated rings. The van der Waals surface area contributed by atoms with Gasteiger partial charge in [-0.3, -0.25) is 9.80 Å². The molecule has 140 valence electrons. The van der Waals surface area contributed by atoms with Crippen molar-refractivity contribution < 1.29 is 13.5 Å². The number of nitrogens with one attached hydrogen (secondary N) is 1. The van der Waals surface area contributed by atoms with Crippen molar-refractivity contribution in [1.82, 2.24) is 15.1 Å². The maximum atomic E-state index is 14.6. The molecular weight excluding hydrogens is 324 g/mol. The Morgan fingerprint density at radius 1 is 1.08 bits per heavy atom. The summed E-state index contributed by atoms with van der Waals surface area (Å²) < 4.78 is 34.5. The lowest BCUT2D eigenvalue weighted by Gasteiger charge is -2.41. The highest BCUT2D eigenvalue weighted by molar-refractivity contribution is 5.30. The molecule has 1 aromatic carbocycles. The Labute approximate surface area is 149 Å². The molecule has 0 radical (unpaired) electrons. The summed E-state index contributed by atoms with van der Waals surface area (Å²) in [6.45, 7) is 7.95. The number of piperazine rings is 1. The molecule has 6 heteroatoms. The van der Waals surface area contributed by atoms with Crippen LogP contribution in [-0.4, -0.2) is 68.3 Å². The van der Waals surface area contributed by atoms with Gasteiger partial charge in [-0.05, 0) is 57.1 Å². The van der Waals surface area contributed by atoms with Gasteiger partial charge in [0, 0.05) is 37.8 Å². The zero-order valence-electron chi connectivity index (χ0n) is 15.0. The van der Waals surface area contributed by atoms with Crippen LogP contribution < -0.4 is 10.1 Å². The first-order valence-electron chi connectivity index (χ1n) is 9.37. The van der Waals surface area contributed by atoms with Crippen LogP contribution in [0.5, 0.6) is 5.75 Å². The van der Waals surface area contributed by atoms with Crippen LogP contribution in [0.4, 0.5) is 8.78 Å². The van der Waals surface area contributed by atoms with Crippen LogP contribution in [0.1, 0.15) is 25.3 Å². The average Bonchev–Trinajstić information content (AvgIpc) is 2.63. The standard InChI is InChI=1S/C19H29F2N3O/c1-2-25-18-5-3-16(4-6-18)19(20,21)15-23-11-7-17(8-12-23)24-13-9-22-10-14-24/h3-6,17,22H,2,7-15H2,1H3. The molecule has 25 heavy (non-hydrogen) atoms. The predicted molar refractivity (Wildman–Crippen MR) is 95.4 cm³/mol. The van der Waals surface area contributed by atoms with Gasteiger partial charge in [-0.2, -0.15) is 8.78 Å². The van der Waals surface area contributed by atoms with Crippen LogP contribution in [0.3, 0.4) is 0 Å². The normalized spacial score (nSPS) is 21.4. The van der Waals surface area contributed by atoms with Gasteiger partial charge in [0.25, 0.3) is 5.92 Å². The van der Waals surface area contributed by atoms with Crippen molar-refractivity contribution in [2.45, 2.75) is 31.7 Å². The van der Waals surface area contributed by atoms with E-state index in [9.17, 15) is 8.78 Å². The summed E-state index contributed by atoms with van der Waals surface area (Å²) in [7, 11) is 0. The van der Waals surface area contributed by atoms with Gasteiger partial charge in [0.15, 0.2) is 0 Å². The number of alkyl halides is 2. The Kier molecular flexibility index (Phi) is 6.25. The molecule has 0 aliphatic carbocycles. The van der Waals surface area contributed by atoms with E-state index >= 15 is 0 Å². The zero-order chi connectivity index (χ0) is 17.7. The number of piperidine rings is 1. The minimum absolute atomic E-state index is 0.0696. The number of hydrogen-bond donors (Lipinski definition) is 1. The molecule has 4 nitrogen and oxygen atoms in total. The highest BCUT2D eigenvalue weighted by Gasteiger charge is 2.36. The van der Waals surface area contributed by atoms with Gasteiger partial charge in [-0.25, -0.2) is 0 Å². The fourth-order valence-electron chi connectivity index (χ4n) is 3.82. The molecule has 2 heterocycles. The lowest BCUT2D eigenvalue weighted by molar-refractivity contribution is -0.0472. The lowest BCUT2D eigenvalue weighted by Crippen LogP contribution is -2.52. The summed E-state index contributed by atoms with van der Waals surface area (Å²) >= 11 is 0. The average molecular weight is 353 g/mol. The Morgan fingerprint density at radius 2 is 1.72 bits per heavy atom. The molecule has 2 aliphatic heterocycles. The topological polar surface area (TPSA) is 27.7 Å². The van der Waals surface area contributed by atoms with Crippen molar-refractivity contribution in [3.63, 3.8) is 0 Å². The molecule has 0 amide bonds. The summed E-state index contributed by atoms with van der Waals surface area (Å²) in [5, 5.41) is 3.36. The van der Waals surface area contributed by atoms with Crippen LogP contribution in [0.25, 0.3) is 0 Å². The van der Waals surface area contributed by atoms with Gasteiger partial charge < -0.3 is 10.1 Å². The van der Waals surface area contributed by atoms with Crippen LogP contribution in [0.15, 0.2) is 24.3 Å². The number of hydrogen-bond acceptors (Lipinski definition) is 4. The van der Waals surface area contributed by atoms with Crippen LogP contribution in [0.2, 0.25) is 0 Å². The Balaban J connectivity index is 1.51. The molecule has 1 N–H and O–H groups in total. The van der Waals surface area contributed by atoms with E-state index in [0.29, 0.717) is 18.4 Å². The summed E-state index contributed by atoms with van der Waals surface area (Å²) in [5.74, 6) is -2.19. The zero-order valence-corrected chi connectivity index (χ0v) is 15.0. The van der Waals surface area contributed by atoms with Crippen molar-refractivity contribution in [2.75, 3.05) is 52.4 Å². The number of nitrogens with zero attached hydrogens (tertiary/aromatic N) is 2. The molecule has 0 aromatic heterocycles. The summed E-state index contributed by atoms with van der Waals surface area (Å²) in [6, 6.07) is 6.78. The van der Waals surface area contributed by atoms with Crippen molar-refractivity contribution >= 4 is 0 Å². The first-order chi connectivity index (χ1) is 12.1. The number of halogens is 2. The van der Waals surface area contributed by atoms with Crippen molar-refractivity contribution in [3.05, 3.63) is 29.8 Å². The van der Waals surface area contributed by atoms with Gasteiger partial charge in [0.05, 0.1) is 13.2 Å². The molecule has 1 aromatic rings. The number of benzene rings is 1. The lowest BCUT2D eigenvalue weighted by atomic mass is 10.0. The molecule has 0 atom stereocenters. The van der Waals surface area contributed by atoms with Crippen LogP contribution in [-0.2, 0) is 5.92 Å². The second-order valence-corrected chi connectivity index (χ2v) is 6.96. The molecule has 0 spiro atoms. The third-order valence-electron chi connectivity index (χ3n) is 5.23. The maximum absolute atomic E-state index is 14.6. The molecule has 2 aliphatic rings. The summed E-state index contributed by atoms with van der Waals surface area (Å²) in [4.78, 5) is 4.42. The monoisotopic (exact) mass is 353 g/mol. The fourth-order valence-corrected chi connectivity index (χ4v) is 3.82. The Morgan fingerprint density at radius 3 is 2.32 bits per heavy atom. The molecule has 3 rings (SSSR count). The van der Waals surface area contributed by atoms with E-state index in [-0.39, 0.29) is 12.1 Å². The second-order valence-electron chi connectivity index (χ2n) is 6.96. The second kappa shape index (κ2) is 8.43. The van der Waals surface area contributed by atoms with Crippen molar-refractivity contribution in [1.29, 1.82) is 0 Å². The van der Waals surface area contributed by atoms with Gasteiger partial charge in [-0.15, -0.1) is 0 Å². The molecule has 0 saturated carbocycles. The molecular formula is C19H29F2N3O. The number of likely N-dealkylation sites (tertiary alicyclic amines) is 1. The molecule has 2 saturated heterocycles. The molecule has 0 unspecified atom stereocenters. The number of rotatable bonds is 6. The van der Waals surface area contributed by atoms with Gasteiger partial charge in [0.2, 0.25) is 0 Å². The van der Waals surface area contributed by atoms with Gasteiger partial charge in [0.1, 0.15) is 5.75 Å². The minimum atomic E-state index is -2.83. The first kappa shape index (κ1) is 18.5. The predicted octanol–water partition coefficient (Wildman–Crippen LogP) is 2.55. The van der Waals surface area contributed by atoms with E-state index in [2.05, 4.69) is 10.2 Å². The highest BCUT2D eigenvalue weighted by atomic mass is 19.3. The van der Waals surface area contributed by atoms with Crippen molar-refractivity contribution in [3.8, 4) is 5.75 Å². The van der Waals surface area contributed by atoms with E-state index in [4.69, 9.17) is 4.74 Å². The largest absolute Gasteiger partial charge is 0.494 e. The minimum Gasteiger partial charge on any atom is -0.494 e. The summed E-state index contributed by atoms with van der Waals surface area (Å²) in [5.41, 5.74) is 0.0696. The Bertz CT molecular complexity index is 524. The van der Waals surface area contributed by atoms with E-state index in [1.165, 1.54) is 12.1 Å². The third kappa shape index (κ3) is 4.90.